The van der Waals surface area contributed by atoms with Gasteiger partial charge in [-0.3, -0.25) is 14.5 Å². The van der Waals surface area contributed by atoms with Gasteiger partial charge >= 0.3 is 0 Å². The van der Waals surface area contributed by atoms with E-state index in [1.165, 1.54) is 26.2 Å². The maximum absolute atomic E-state index is 13.3. The maximum Gasteiger partial charge on any atom is 0.278 e. The Kier molecular flexibility index (Phi) is 6.39. The molecule has 2 aromatic rings. The minimum absolute atomic E-state index is 0.150. The van der Waals surface area contributed by atoms with Crippen LogP contribution in [0.1, 0.15) is 19.4 Å². The van der Waals surface area contributed by atoms with Crippen LogP contribution in [-0.2, 0) is 9.59 Å². The fourth-order valence-corrected chi connectivity index (χ4v) is 3.44. The van der Waals surface area contributed by atoms with E-state index in [2.05, 4.69) is 5.32 Å². The molecule has 0 atom stereocenters. The van der Waals surface area contributed by atoms with Gasteiger partial charge in [0.2, 0.25) is 0 Å². The van der Waals surface area contributed by atoms with E-state index in [0.29, 0.717) is 34.2 Å². The lowest BCUT2D eigenvalue weighted by Crippen LogP contribution is -2.38. The first kappa shape index (κ1) is 22.0. The van der Waals surface area contributed by atoms with E-state index >= 15 is 0 Å². The van der Waals surface area contributed by atoms with E-state index < -0.39 is 11.8 Å². The van der Waals surface area contributed by atoms with Gasteiger partial charge in [-0.25, -0.2) is 0 Å². The number of amides is 2. The highest BCUT2D eigenvalue weighted by molar-refractivity contribution is 6.36. The molecule has 0 aromatic heterocycles. The van der Waals surface area contributed by atoms with Crippen LogP contribution < -0.4 is 24.3 Å². The fourth-order valence-electron chi connectivity index (χ4n) is 3.44. The molecule has 3 rings (SSSR count). The summed E-state index contributed by atoms with van der Waals surface area (Å²) >= 11 is 0. The van der Waals surface area contributed by atoms with Crippen molar-refractivity contribution in [2.45, 2.75) is 19.9 Å². The Morgan fingerprint density at radius 3 is 2.00 bits per heavy atom. The summed E-state index contributed by atoms with van der Waals surface area (Å²) in [5.41, 5.74) is 1.42. The molecule has 0 aliphatic carbocycles. The van der Waals surface area contributed by atoms with E-state index in [4.69, 9.17) is 18.9 Å². The Hall–Kier alpha value is -3.68. The SMILES string of the molecule is COc1ccc(OC)c(NC2=C(c3ccc(OC)c(OC)c3)C(=O)N(C(C)C)C2=O)c1. The smallest absolute Gasteiger partial charge is 0.278 e. The van der Waals surface area contributed by atoms with Crippen LogP contribution in [0.3, 0.4) is 0 Å². The molecule has 164 valence electrons. The molecule has 1 aliphatic rings. The normalized spacial score (nSPS) is 13.7. The predicted molar refractivity (Wildman–Crippen MR) is 117 cm³/mol. The molecule has 0 saturated heterocycles. The van der Waals surface area contributed by atoms with E-state index in [1.54, 1.807) is 57.4 Å². The molecule has 0 saturated carbocycles. The quantitative estimate of drug-likeness (QED) is 0.648. The first-order chi connectivity index (χ1) is 14.9. The number of carbonyl (C=O) groups excluding carboxylic acids is 2. The van der Waals surface area contributed by atoms with Gasteiger partial charge in [0.25, 0.3) is 11.8 Å². The Bertz CT molecular complexity index is 1040. The number of imide groups is 1. The molecule has 31 heavy (non-hydrogen) atoms. The topological polar surface area (TPSA) is 86.3 Å². The summed E-state index contributed by atoms with van der Waals surface area (Å²) < 4.78 is 21.4. The summed E-state index contributed by atoms with van der Waals surface area (Å²) in [4.78, 5) is 27.7. The third kappa shape index (κ3) is 4.01. The number of methoxy groups -OCH3 is 4. The molecule has 2 amide bonds. The molecular formula is C23H26N2O6. The van der Waals surface area contributed by atoms with E-state index in [9.17, 15) is 9.59 Å². The van der Waals surface area contributed by atoms with Crippen LogP contribution in [0.4, 0.5) is 5.69 Å². The largest absolute Gasteiger partial charge is 0.497 e. The van der Waals surface area contributed by atoms with Crippen LogP contribution in [0.25, 0.3) is 5.57 Å². The number of hydrogen-bond donors (Lipinski definition) is 1. The summed E-state index contributed by atoms with van der Waals surface area (Å²) in [5, 5.41) is 3.11. The first-order valence-electron chi connectivity index (χ1n) is 9.69. The molecule has 8 heteroatoms. The third-order valence-corrected chi connectivity index (χ3v) is 4.97. The van der Waals surface area contributed by atoms with Crippen molar-refractivity contribution in [3.63, 3.8) is 0 Å². The summed E-state index contributed by atoms with van der Waals surface area (Å²) in [6, 6.07) is 9.94. The van der Waals surface area contributed by atoms with Gasteiger partial charge in [0.1, 0.15) is 17.2 Å². The van der Waals surface area contributed by atoms with E-state index in [1.807, 2.05) is 0 Å². The Labute approximate surface area is 181 Å². The molecule has 0 fully saturated rings. The number of ether oxygens (including phenoxy) is 4. The van der Waals surface area contributed by atoms with Crippen LogP contribution in [0.15, 0.2) is 42.1 Å². The predicted octanol–water partition coefficient (Wildman–Crippen LogP) is 3.32. The summed E-state index contributed by atoms with van der Waals surface area (Å²) in [6.45, 7) is 3.58. The van der Waals surface area contributed by atoms with Crippen molar-refractivity contribution in [1.29, 1.82) is 0 Å². The average Bonchev–Trinajstić information content (AvgIpc) is 3.02. The van der Waals surface area contributed by atoms with Crippen LogP contribution in [-0.4, -0.2) is 51.2 Å². The van der Waals surface area contributed by atoms with Crippen molar-refractivity contribution in [2.24, 2.45) is 0 Å². The Morgan fingerprint density at radius 2 is 1.42 bits per heavy atom. The number of benzene rings is 2. The van der Waals surface area contributed by atoms with Gasteiger partial charge in [-0.1, -0.05) is 6.07 Å². The van der Waals surface area contributed by atoms with Crippen LogP contribution in [0.2, 0.25) is 0 Å². The van der Waals surface area contributed by atoms with Gasteiger partial charge in [0.15, 0.2) is 11.5 Å². The van der Waals surface area contributed by atoms with Crippen molar-refractivity contribution in [1.82, 2.24) is 4.90 Å². The fraction of sp³-hybridized carbons (Fsp3) is 0.304. The van der Waals surface area contributed by atoms with Crippen LogP contribution in [0, 0.1) is 0 Å². The van der Waals surface area contributed by atoms with Crippen LogP contribution in [0.5, 0.6) is 23.0 Å². The second-order valence-corrected chi connectivity index (χ2v) is 7.09. The van der Waals surface area contributed by atoms with Crippen molar-refractivity contribution in [2.75, 3.05) is 33.8 Å². The molecule has 1 aliphatic heterocycles. The first-order valence-corrected chi connectivity index (χ1v) is 9.69. The highest BCUT2D eigenvalue weighted by Crippen LogP contribution is 2.38. The van der Waals surface area contributed by atoms with Gasteiger partial charge < -0.3 is 24.3 Å². The molecule has 2 aromatic carbocycles. The zero-order valence-electron chi connectivity index (χ0n) is 18.4. The van der Waals surface area contributed by atoms with Crippen molar-refractivity contribution < 1.29 is 28.5 Å². The number of hydrogen-bond acceptors (Lipinski definition) is 7. The van der Waals surface area contributed by atoms with Crippen molar-refractivity contribution >= 4 is 23.1 Å². The monoisotopic (exact) mass is 426 g/mol. The standard InChI is InChI=1S/C23H26N2O6/c1-13(2)25-22(26)20(14-7-9-18(30-5)19(11-14)31-6)21(23(25)27)24-16-12-15(28-3)8-10-17(16)29-4/h7-13,24H,1-6H3. The van der Waals surface area contributed by atoms with E-state index in [-0.39, 0.29) is 17.3 Å². The molecule has 0 radical (unpaired) electrons. The van der Waals surface area contributed by atoms with Crippen LogP contribution >= 0.6 is 0 Å². The van der Waals surface area contributed by atoms with Gasteiger partial charge in [0, 0.05) is 12.1 Å². The molecular weight excluding hydrogens is 400 g/mol. The Balaban J connectivity index is 2.18. The maximum atomic E-state index is 13.3. The molecule has 1 heterocycles. The van der Waals surface area contributed by atoms with E-state index in [0.717, 1.165) is 0 Å². The number of nitrogens with zero attached hydrogens (tertiary/aromatic N) is 1. The zero-order valence-corrected chi connectivity index (χ0v) is 18.4. The number of anilines is 1. The summed E-state index contributed by atoms with van der Waals surface area (Å²) in [7, 11) is 6.12. The second-order valence-electron chi connectivity index (χ2n) is 7.09. The second kappa shape index (κ2) is 8.99. The van der Waals surface area contributed by atoms with Gasteiger partial charge in [-0.2, -0.15) is 0 Å². The lowest BCUT2D eigenvalue weighted by Gasteiger charge is -2.19. The number of nitrogens with one attached hydrogen (secondary N) is 1. The Morgan fingerprint density at radius 1 is 0.774 bits per heavy atom. The molecule has 0 unspecified atom stereocenters. The number of rotatable bonds is 8. The van der Waals surface area contributed by atoms with Gasteiger partial charge in [-0.15, -0.1) is 0 Å². The average molecular weight is 426 g/mol. The lowest BCUT2D eigenvalue weighted by molar-refractivity contribution is -0.138. The summed E-state index contributed by atoms with van der Waals surface area (Å²) in [5.74, 6) is 1.24. The highest BCUT2D eigenvalue weighted by atomic mass is 16.5. The molecule has 8 nitrogen and oxygen atoms in total. The minimum atomic E-state index is -0.422. The molecule has 1 N–H and O–H groups in total. The molecule has 0 spiro atoms. The number of carbonyl (C=O) groups is 2. The minimum Gasteiger partial charge on any atom is -0.497 e. The lowest BCUT2D eigenvalue weighted by atomic mass is 10.0. The third-order valence-electron chi connectivity index (χ3n) is 4.97. The van der Waals surface area contributed by atoms with Gasteiger partial charge in [0.05, 0.1) is 39.7 Å². The summed E-state index contributed by atoms with van der Waals surface area (Å²) in [6.07, 6.45) is 0. The highest BCUT2D eigenvalue weighted by Gasteiger charge is 2.41. The van der Waals surface area contributed by atoms with Crippen molar-refractivity contribution in [3.05, 3.63) is 47.7 Å². The van der Waals surface area contributed by atoms with Gasteiger partial charge in [-0.05, 0) is 43.7 Å². The van der Waals surface area contributed by atoms with Crippen molar-refractivity contribution in [3.8, 4) is 23.0 Å². The zero-order chi connectivity index (χ0) is 22.7. The molecule has 0 bridgehead atoms.